The number of carbonyl (C=O) groups excluding carboxylic acids is 1. The summed E-state index contributed by atoms with van der Waals surface area (Å²) in [5, 5.41) is 10.6. The molecule has 18 heavy (non-hydrogen) atoms. The molecule has 3 N–H and O–H groups in total. The van der Waals surface area contributed by atoms with Crippen molar-refractivity contribution in [3.05, 3.63) is 12.4 Å². The van der Waals surface area contributed by atoms with Gasteiger partial charge in [0.05, 0.1) is 6.20 Å². The van der Waals surface area contributed by atoms with Crippen molar-refractivity contribution in [2.45, 2.75) is 44.7 Å². The molecule has 0 spiro atoms. The van der Waals surface area contributed by atoms with E-state index in [0.717, 1.165) is 38.6 Å². The molecule has 1 aromatic heterocycles. The first kappa shape index (κ1) is 13.0. The van der Waals surface area contributed by atoms with Gasteiger partial charge in [-0.3, -0.25) is 9.48 Å². The summed E-state index contributed by atoms with van der Waals surface area (Å²) in [6.45, 7) is 1.48. The molecule has 100 valence electrons. The minimum absolute atomic E-state index is 0.163. The molecule has 0 saturated heterocycles. The van der Waals surface area contributed by atoms with Crippen LogP contribution in [-0.2, 0) is 11.3 Å². The smallest absolute Gasteiger partial charge is 0.223 e. The van der Waals surface area contributed by atoms with Crippen molar-refractivity contribution in [1.29, 1.82) is 0 Å². The Morgan fingerprint density at radius 3 is 2.83 bits per heavy atom. The van der Waals surface area contributed by atoms with E-state index in [9.17, 15) is 4.79 Å². The number of nitrogens with two attached hydrogens (primary N) is 1. The van der Waals surface area contributed by atoms with E-state index in [2.05, 4.69) is 15.6 Å². The van der Waals surface area contributed by atoms with E-state index in [4.69, 9.17) is 5.73 Å². The van der Waals surface area contributed by atoms with Crippen LogP contribution in [0.1, 0.15) is 32.1 Å². The number of amides is 1. The summed E-state index contributed by atoms with van der Waals surface area (Å²) in [5.41, 5.74) is 5.83. The zero-order valence-electron chi connectivity index (χ0n) is 10.6. The van der Waals surface area contributed by atoms with Crippen LogP contribution in [0.2, 0.25) is 0 Å². The fourth-order valence-electron chi connectivity index (χ4n) is 2.33. The van der Waals surface area contributed by atoms with Crippen LogP contribution in [0.4, 0.5) is 0 Å². The predicted octanol–water partition coefficient (Wildman–Crippen LogP) is 0.302. The van der Waals surface area contributed by atoms with Crippen molar-refractivity contribution >= 4 is 5.91 Å². The lowest BCUT2D eigenvalue weighted by atomic mass is 9.86. The van der Waals surface area contributed by atoms with Gasteiger partial charge in [0, 0.05) is 31.2 Å². The summed E-state index contributed by atoms with van der Waals surface area (Å²) in [7, 11) is 0. The molecular formula is C12H21N5O. The fraction of sp³-hybridized carbons (Fsp3) is 0.750. The third-order valence-electron chi connectivity index (χ3n) is 3.48. The number of hydrogen-bond acceptors (Lipinski definition) is 4. The second kappa shape index (κ2) is 6.49. The number of rotatable bonds is 5. The van der Waals surface area contributed by atoms with Gasteiger partial charge < -0.3 is 11.1 Å². The largest absolute Gasteiger partial charge is 0.356 e. The number of carbonyl (C=O) groups is 1. The molecule has 2 rings (SSSR count). The van der Waals surface area contributed by atoms with Crippen LogP contribution < -0.4 is 11.1 Å². The highest BCUT2D eigenvalue weighted by Crippen LogP contribution is 2.22. The highest BCUT2D eigenvalue weighted by Gasteiger charge is 2.23. The van der Waals surface area contributed by atoms with Gasteiger partial charge in [-0.05, 0) is 32.1 Å². The first-order valence-electron chi connectivity index (χ1n) is 6.63. The Labute approximate surface area is 107 Å². The van der Waals surface area contributed by atoms with Crippen LogP contribution in [0.25, 0.3) is 0 Å². The van der Waals surface area contributed by atoms with Crippen LogP contribution in [0.5, 0.6) is 0 Å². The SMILES string of the molecule is NC1CCC(C(=O)NCCCn2ccnn2)CC1. The van der Waals surface area contributed by atoms with Gasteiger partial charge in [0.1, 0.15) is 0 Å². The topological polar surface area (TPSA) is 85.8 Å². The normalized spacial score (nSPS) is 23.8. The third-order valence-corrected chi connectivity index (χ3v) is 3.48. The second-order valence-corrected chi connectivity index (χ2v) is 4.92. The van der Waals surface area contributed by atoms with Gasteiger partial charge in [0.25, 0.3) is 0 Å². The molecule has 1 aliphatic carbocycles. The van der Waals surface area contributed by atoms with E-state index in [1.807, 2.05) is 6.20 Å². The maximum absolute atomic E-state index is 11.9. The zero-order chi connectivity index (χ0) is 12.8. The quantitative estimate of drug-likeness (QED) is 0.737. The van der Waals surface area contributed by atoms with Gasteiger partial charge in [-0.1, -0.05) is 5.21 Å². The van der Waals surface area contributed by atoms with Gasteiger partial charge in [0.15, 0.2) is 0 Å². The first-order chi connectivity index (χ1) is 8.75. The van der Waals surface area contributed by atoms with Crippen LogP contribution in [-0.4, -0.2) is 33.5 Å². The van der Waals surface area contributed by atoms with Crippen LogP contribution in [0, 0.1) is 5.92 Å². The molecule has 0 radical (unpaired) electrons. The molecule has 0 aliphatic heterocycles. The zero-order valence-corrected chi connectivity index (χ0v) is 10.6. The van der Waals surface area contributed by atoms with Crippen molar-refractivity contribution in [2.24, 2.45) is 11.7 Å². The molecule has 0 unspecified atom stereocenters. The monoisotopic (exact) mass is 251 g/mol. The summed E-state index contributed by atoms with van der Waals surface area (Å²) in [4.78, 5) is 11.9. The Morgan fingerprint density at radius 2 is 2.17 bits per heavy atom. The second-order valence-electron chi connectivity index (χ2n) is 4.92. The van der Waals surface area contributed by atoms with E-state index in [1.54, 1.807) is 10.9 Å². The Hall–Kier alpha value is -1.43. The van der Waals surface area contributed by atoms with Gasteiger partial charge in [-0.2, -0.15) is 0 Å². The van der Waals surface area contributed by atoms with E-state index < -0.39 is 0 Å². The van der Waals surface area contributed by atoms with E-state index in [0.29, 0.717) is 12.6 Å². The summed E-state index contributed by atoms with van der Waals surface area (Å²) >= 11 is 0. The molecule has 1 amide bonds. The lowest BCUT2D eigenvalue weighted by Crippen LogP contribution is -2.36. The number of aryl methyl sites for hydroxylation is 1. The lowest BCUT2D eigenvalue weighted by molar-refractivity contribution is -0.126. The van der Waals surface area contributed by atoms with Crippen molar-refractivity contribution in [1.82, 2.24) is 20.3 Å². The van der Waals surface area contributed by atoms with Gasteiger partial charge in [0.2, 0.25) is 5.91 Å². The van der Waals surface area contributed by atoms with Crippen molar-refractivity contribution < 1.29 is 4.79 Å². The van der Waals surface area contributed by atoms with Gasteiger partial charge in [-0.15, -0.1) is 5.10 Å². The minimum Gasteiger partial charge on any atom is -0.356 e. The molecular weight excluding hydrogens is 230 g/mol. The highest BCUT2D eigenvalue weighted by atomic mass is 16.1. The predicted molar refractivity (Wildman–Crippen MR) is 67.6 cm³/mol. The molecule has 1 heterocycles. The van der Waals surface area contributed by atoms with E-state index >= 15 is 0 Å². The summed E-state index contributed by atoms with van der Waals surface area (Å²) in [6.07, 6.45) is 8.15. The lowest BCUT2D eigenvalue weighted by Gasteiger charge is -2.25. The van der Waals surface area contributed by atoms with Crippen molar-refractivity contribution in [2.75, 3.05) is 6.54 Å². The molecule has 1 aliphatic rings. The minimum atomic E-state index is 0.163. The third kappa shape index (κ3) is 3.80. The molecule has 0 aromatic carbocycles. The molecule has 1 fully saturated rings. The first-order valence-corrected chi connectivity index (χ1v) is 6.63. The maximum Gasteiger partial charge on any atom is 0.223 e. The summed E-state index contributed by atoms with van der Waals surface area (Å²) in [5.74, 6) is 0.344. The summed E-state index contributed by atoms with van der Waals surface area (Å²) < 4.78 is 1.77. The number of nitrogens with zero attached hydrogens (tertiary/aromatic N) is 3. The highest BCUT2D eigenvalue weighted by molar-refractivity contribution is 5.78. The number of nitrogens with one attached hydrogen (secondary N) is 1. The fourth-order valence-corrected chi connectivity index (χ4v) is 2.33. The Morgan fingerprint density at radius 1 is 1.39 bits per heavy atom. The molecule has 6 heteroatoms. The Balaban J connectivity index is 1.60. The van der Waals surface area contributed by atoms with Crippen LogP contribution in [0.15, 0.2) is 12.4 Å². The summed E-state index contributed by atoms with van der Waals surface area (Å²) in [6, 6.07) is 0.293. The molecule has 1 saturated carbocycles. The Bertz CT molecular complexity index is 357. The molecule has 6 nitrogen and oxygen atoms in total. The van der Waals surface area contributed by atoms with Gasteiger partial charge >= 0.3 is 0 Å². The molecule has 1 aromatic rings. The van der Waals surface area contributed by atoms with Crippen molar-refractivity contribution in [3.63, 3.8) is 0 Å². The van der Waals surface area contributed by atoms with Crippen molar-refractivity contribution in [3.8, 4) is 0 Å². The van der Waals surface area contributed by atoms with E-state index in [-0.39, 0.29) is 11.8 Å². The standard InChI is InChI=1S/C12H21N5O/c13-11-4-2-10(3-5-11)12(18)14-6-1-8-17-9-7-15-16-17/h7,9-11H,1-6,8,13H2,(H,14,18). The number of aromatic nitrogens is 3. The number of hydrogen-bond donors (Lipinski definition) is 2. The molecule has 0 bridgehead atoms. The van der Waals surface area contributed by atoms with Crippen LogP contribution >= 0.6 is 0 Å². The van der Waals surface area contributed by atoms with Crippen LogP contribution in [0.3, 0.4) is 0 Å². The average molecular weight is 251 g/mol. The van der Waals surface area contributed by atoms with E-state index in [1.165, 1.54) is 0 Å². The Kier molecular flexibility index (Phi) is 4.69. The average Bonchev–Trinajstić information content (AvgIpc) is 2.88. The maximum atomic E-state index is 11.9. The molecule has 0 atom stereocenters. The van der Waals surface area contributed by atoms with Gasteiger partial charge in [-0.25, -0.2) is 0 Å².